The molecule has 2 nitrogen and oxygen atoms in total. The third kappa shape index (κ3) is 3.21. The standard InChI is InChI=1S/C23H25NOS/c1-2-22(26-16-17-10-4-3-5-11-17)23(25)24-20-14-8-6-12-18(20)19-13-7-9-15-21(19)24/h3-6,8,10-12,14,22H,2,7,9,13,15-16H2,1H3. The third-order valence-electron chi connectivity index (χ3n) is 5.34. The molecular formula is C23H25NOS. The quantitative estimate of drug-likeness (QED) is 0.565. The number of rotatable bonds is 5. The average Bonchev–Trinajstić information content (AvgIpc) is 3.03. The summed E-state index contributed by atoms with van der Waals surface area (Å²) in [5, 5.41) is 1.27. The van der Waals surface area contributed by atoms with Crippen molar-refractivity contribution in [3.63, 3.8) is 0 Å². The average molecular weight is 364 g/mol. The first kappa shape index (κ1) is 17.4. The highest BCUT2D eigenvalue weighted by Crippen LogP contribution is 2.34. The number of aromatic nitrogens is 1. The first-order chi connectivity index (χ1) is 12.8. The fourth-order valence-corrected chi connectivity index (χ4v) is 5.10. The molecule has 3 aromatic rings. The topological polar surface area (TPSA) is 22.0 Å². The lowest BCUT2D eigenvalue weighted by Gasteiger charge is -2.19. The molecule has 0 saturated carbocycles. The van der Waals surface area contributed by atoms with Gasteiger partial charge in [-0.2, -0.15) is 0 Å². The highest BCUT2D eigenvalue weighted by atomic mass is 32.2. The van der Waals surface area contributed by atoms with Crippen molar-refractivity contribution >= 4 is 28.6 Å². The van der Waals surface area contributed by atoms with Gasteiger partial charge in [0, 0.05) is 16.8 Å². The SMILES string of the molecule is CCC(SCc1ccccc1)C(=O)n1c2c(c3ccccc31)CCCC2. The molecule has 0 bridgehead atoms. The number of fused-ring (bicyclic) bond motifs is 3. The molecule has 1 aromatic heterocycles. The van der Waals surface area contributed by atoms with Crippen LogP contribution in [0.3, 0.4) is 0 Å². The maximum absolute atomic E-state index is 13.5. The predicted octanol–water partition coefficient (Wildman–Crippen LogP) is 5.87. The number of aryl methyl sites for hydroxylation is 1. The van der Waals surface area contributed by atoms with Crippen molar-refractivity contribution in [3.8, 4) is 0 Å². The van der Waals surface area contributed by atoms with Crippen LogP contribution in [0, 0.1) is 0 Å². The zero-order valence-electron chi connectivity index (χ0n) is 15.3. The molecule has 1 aliphatic carbocycles. The number of nitrogens with zero attached hydrogens (tertiary/aromatic N) is 1. The van der Waals surface area contributed by atoms with Gasteiger partial charge >= 0.3 is 0 Å². The normalized spacial score (nSPS) is 15.0. The molecule has 2 aromatic carbocycles. The molecule has 0 aliphatic heterocycles. The first-order valence-corrected chi connectivity index (χ1v) is 10.7. The van der Waals surface area contributed by atoms with E-state index in [9.17, 15) is 4.79 Å². The van der Waals surface area contributed by atoms with Gasteiger partial charge in [-0.1, -0.05) is 55.5 Å². The lowest BCUT2D eigenvalue weighted by molar-refractivity contribution is 0.0910. The van der Waals surface area contributed by atoms with Gasteiger partial charge in [-0.05, 0) is 49.3 Å². The molecule has 1 aliphatic rings. The van der Waals surface area contributed by atoms with Crippen molar-refractivity contribution in [1.29, 1.82) is 0 Å². The summed E-state index contributed by atoms with van der Waals surface area (Å²) >= 11 is 1.77. The Morgan fingerprint density at radius 2 is 1.77 bits per heavy atom. The van der Waals surface area contributed by atoms with Crippen LogP contribution in [-0.2, 0) is 18.6 Å². The number of benzene rings is 2. The van der Waals surface area contributed by atoms with Crippen LogP contribution in [0.4, 0.5) is 0 Å². The van der Waals surface area contributed by atoms with E-state index >= 15 is 0 Å². The van der Waals surface area contributed by atoms with E-state index in [-0.39, 0.29) is 11.2 Å². The van der Waals surface area contributed by atoms with Gasteiger partial charge < -0.3 is 0 Å². The van der Waals surface area contributed by atoms with E-state index in [1.807, 2.05) is 6.07 Å². The second kappa shape index (κ2) is 7.71. The first-order valence-electron chi connectivity index (χ1n) is 9.60. The number of carbonyl (C=O) groups excluding carboxylic acids is 1. The summed E-state index contributed by atoms with van der Waals surface area (Å²) in [6.07, 6.45) is 5.40. The monoisotopic (exact) mass is 363 g/mol. The van der Waals surface area contributed by atoms with Crippen molar-refractivity contribution in [1.82, 2.24) is 4.57 Å². The van der Waals surface area contributed by atoms with Crippen molar-refractivity contribution in [3.05, 3.63) is 71.4 Å². The molecule has 1 heterocycles. The summed E-state index contributed by atoms with van der Waals surface area (Å²) in [6, 6.07) is 18.9. The zero-order valence-corrected chi connectivity index (χ0v) is 16.1. The maximum Gasteiger partial charge on any atom is 0.244 e. The molecule has 0 amide bonds. The van der Waals surface area contributed by atoms with E-state index < -0.39 is 0 Å². The minimum absolute atomic E-state index is 0.00274. The zero-order chi connectivity index (χ0) is 17.9. The molecule has 0 N–H and O–H groups in total. The number of thioether (sulfide) groups is 1. The van der Waals surface area contributed by atoms with Gasteiger partial charge in [0.2, 0.25) is 5.91 Å². The Balaban J connectivity index is 1.66. The Hall–Kier alpha value is -2.00. The van der Waals surface area contributed by atoms with E-state index in [0.29, 0.717) is 0 Å². The van der Waals surface area contributed by atoms with Crippen molar-refractivity contribution in [2.45, 2.75) is 50.0 Å². The van der Waals surface area contributed by atoms with Crippen LogP contribution < -0.4 is 0 Å². The summed E-state index contributed by atoms with van der Waals surface area (Å²) in [5.41, 5.74) is 5.05. The number of para-hydroxylation sites is 1. The summed E-state index contributed by atoms with van der Waals surface area (Å²) in [4.78, 5) is 13.5. The summed E-state index contributed by atoms with van der Waals surface area (Å²) in [6.45, 7) is 2.12. The van der Waals surface area contributed by atoms with Crippen LogP contribution in [0.2, 0.25) is 0 Å². The smallest absolute Gasteiger partial charge is 0.244 e. The Morgan fingerprint density at radius 3 is 2.58 bits per heavy atom. The maximum atomic E-state index is 13.5. The molecule has 134 valence electrons. The fourth-order valence-electron chi connectivity index (χ4n) is 4.03. The summed E-state index contributed by atoms with van der Waals surface area (Å²) in [7, 11) is 0. The van der Waals surface area contributed by atoms with Gasteiger partial charge in [-0.15, -0.1) is 11.8 Å². The van der Waals surface area contributed by atoms with Crippen LogP contribution in [0.1, 0.15) is 47.8 Å². The molecule has 0 saturated heterocycles. The van der Waals surface area contributed by atoms with E-state index in [0.717, 1.165) is 30.5 Å². The minimum Gasteiger partial charge on any atom is -0.283 e. The minimum atomic E-state index is -0.00274. The van der Waals surface area contributed by atoms with Crippen LogP contribution in [0.25, 0.3) is 10.9 Å². The van der Waals surface area contributed by atoms with E-state index in [1.54, 1.807) is 11.8 Å². The van der Waals surface area contributed by atoms with Crippen LogP contribution >= 0.6 is 11.8 Å². The third-order valence-corrected chi connectivity index (χ3v) is 6.78. The van der Waals surface area contributed by atoms with Crippen molar-refractivity contribution in [2.75, 3.05) is 0 Å². The molecule has 0 radical (unpaired) electrons. The summed E-state index contributed by atoms with van der Waals surface area (Å²) in [5.74, 6) is 1.14. The van der Waals surface area contributed by atoms with Crippen LogP contribution in [-0.4, -0.2) is 15.7 Å². The van der Waals surface area contributed by atoms with Gasteiger partial charge in [-0.25, -0.2) is 0 Å². The largest absolute Gasteiger partial charge is 0.283 e. The molecule has 0 spiro atoms. The second-order valence-corrected chi connectivity index (χ2v) is 8.21. The van der Waals surface area contributed by atoms with Crippen LogP contribution in [0.5, 0.6) is 0 Å². The molecule has 1 unspecified atom stereocenters. The second-order valence-electron chi connectivity index (χ2n) is 7.02. The van der Waals surface area contributed by atoms with Crippen molar-refractivity contribution in [2.24, 2.45) is 0 Å². The Kier molecular flexibility index (Phi) is 5.16. The predicted molar refractivity (Wildman–Crippen MR) is 111 cm³/mol. The fraction of sp³-hybridized carbons (Fsp3) is 0.348. The van der Waals surface area contributed by atoms with Gasteiger partial charge in [0.05, 0.1) is 10.8 Å². The van der Waals surface area contributed by atoms with Gasteiger partial charge in [-0.3, -0.25) is 9.36 Å². The Labute approximate surface area is 159 Å². The molecule has 1 atom stereocenters. The summed E-state index contributed by atoms with van der Waals surface area (Å²) < 4.78 is 2.05. The molecule has 0 fully saturated rings. The molecular weight excluding hydrogens is 338 g/mol. The van der Waals surface area contributed by atoms with Gasteiger partial charge in [0.1, 0.15) is 0 Å². The lowest BCUT2D eigenvalue weighted by Crippen LogP contribution is -2.26. The van der Waals surface area contributed by atoms with E-state index in [2.05, 4.69) is 60.0 Å². The van der Waals surface area contributed by atoms with Gasteiger partial charge in [0.25, 0.3) is 0 Å². The highest BCUT2D eigenvalue weighted by Gasteiger charge is 2.27. The molecule has 26 heavy (non-hydrogen) atoms. The van der Waals surface area contributed by atoms with E-state index in [4.69, 9.17) is 0 Å². The highest BCUT2D eigenvalue weighted by molar-refractivity contribution is 7.99. The lowest BCUT2D eigenvalue weighted by atomic mass is 9.95. The number of hydrogen-bond donors (Lipinski definition) is 0. The molecule has 4 rings (SSSR count). The van der Waals surface area contributed by atoms with Gasteiger partial charge in [0.15, 0.2) is 0 Å². The Bertz CT molecular complexity index is 913. The number of hydrogen-bond acceptors (Lipinski definition) is 2. The number of carbonyl (C=O) groups is 1. The van der Waals surface area contributed by atoms with Crippen molar-refractivity contribution < 1.29 is 4.79 Å². The van der Waals surface area contributed by atoms with Crippen LogP contribution in [0.15, 0.2) is 54.6 Å². The molecule has 3 heteroatoms. The Morgan fingerprint density at radius 1 is 1.04 bits per heavy atom. The van der Waals surface area contributed by atoms with E-state index in [1.165, 1.54) is 35.0 Å².